The molecule has 0 amide bonds. The highest BCUT2D eigenvalue weighted by Crippen LogP contribution is 2.34. The summed E-state index contributed by atoms with van der Waals surface area (Å²) >= 11 is 0. The highest BCUT2D eigenvalue weighted by atomic mass is 16.5. The van der Waals surface area contributed by atoms with Crippen LogP contribution in [0.15, 0.2) is 24.3 Å². The van der Waals surface area contributed by atoms with Crippen LogP contribution < -0.4 is 10.5 Å². The van der Waals surface area contributed by atoms with Gasteiger partial charge in [0.05, 0.1) is 12.3 Å². The van der Waals surface area contributed by atoms with Gasteiger partial charge in [-0.3, -0.25) is 0 Å². The smallest absolute Gasteiger partial charge is 0.142 e. The van der Waals surface area contributed by atoms with Gasteiger partial charge in [0.1, 0.15) is 5.75 Å². The van der Waals surface area contributed by atoms with E-state index in [2.05, 4.69) is 25.7 Å². The van der Waals surface area contributed by atoms with Gasteiger partial charge in [0.25, 0.3) is 0 Å². The lowest BCUT2D eigenvalue weighted by atomic mass is 9.75. The van der Waals surface area contributed by atoms with Crippen LogP contribution in [0.1, 0.15) is 40.0 Å². The van der Waals surface area contributed by atoms with Crippen LogP contribution in [-0.4, -0.2) is 31.1 Å². The maximum absolute atomic E-state index is 5.87. The number of piperidine rings is 1. The van der Waals surface area contributed by atoms with E-state index in [0.717, 1.165) is 36.9 Å². The van der Waals surface area contributed by atoms with Gasteiger partial charge >= 0.3 is 0 Å². The summed E-state index contributed by atoms with van der Waals surface area (Å²) in [6.07, 6.45) is 3.72. The molecule has 1 fully saturated rings. The second-order valence-electron chi connectivity index (χ2n) is 7.22. The van der Waals surface area contributed by atoms with E-state index in [4.69, 9.17) is 10.5 Å². The number of hydrogen-bond donors (Lipinski definition) is 1. The number of likely N-dealkylation sites (tertiary alicyclic amines) is 1. The number of anilines is 1. The van der Waals surface area contributed by atoms with E-state index in [1.54, 1.807) is 0 Å². The molecule has 1 saturated heterocycles. The Labute approximate surface area is 129 Å². The molecule has 0 radical (unpaired) electrons. The molecule has 3 nitrogen and oxygen atoms in total. The molecule has 21 heavy (non-hydrogen) atoms. The van der Waals surface area contributed by atoms with Crippen LogP contribution in [0.4, 0.5) is 5.69 Å². The molecular formula is C18H30N2O. The average Bonchev–Trinajstić information content (AvgIpc) is 2.45. The second kappa shape index (κ2) is 7.17. The third-order valence-electron chi connectivity index (χ3n) is 4.61. The van der Waals surface area contributed by atoms with Crippen LogP contribution >= 0.6 is 0 Å². The number of benzene rings is 1. The molecular weight excluding hydrogens is 260 g/mol. The zero-order chi connectivity index (χ0) is 15.3. The van der Waals surface area contributed by atoms with Gasteiger partial charge in [0.2, 0.25) is 0 Å². The number of para-hydroxylation sites is 2. The minimum Gasteiger partial charge on any atom is -0.491 e. The summed E-state index contributed by atoms with van der Waals surface area (Å²) in [4.78, 5) is 2.57. The molecule has 0 aromatic heterocycles. The lowest BCUT2D eigenvalue weighted by molar-refractivity contribution is 0.108. The van der Waals surface area contributed by atoms with E-state index in [9.17, 15) is 0 Å². The van der Waals surface area contributed by atoms with Gasteiger partial charge in [0.15, 0.2) is 0 Å². The molecule has 1 heterocycles. The molecule has 2 N–H and O–H groups in total. The van der Waals surface area contributed by atoms with Crippen LogP contribution in [0.5, 0.6) is 5.75 Å². The number of nitrogens with zero attached hydrogens (tertiary/aromatic N) is 1. The molecule has 3 heteroatoms. The molecule has 1 aliphatic heterocycles. The minimum absolute atomic E-state index is 0.458. The van der Waals surface area contributed by atoms with E-state index >= 15 is 0 Å². The van der Waals surface area contributed by atoms with Gasteiger partial charge in [-0.2, -0.15) is 0 Å². The Morgan fingerprint density at radius 3 is 2.48 bits per heavy atom. The van der Waals surface area contributed by atoms with Crippen molar-refractivity contribution < 1.29 is 4.74 Å². The second-order valence-corrected chi connectivity index (χ2v) is 7.22. The Bertz CT molecular complexity index is 431. The summed E-state index contributed by atoms with van der Waals surface area (Å²) in [5, 5.41) is 0. The largest absolute Gasteiger partial charge is 0.491 e. The quantitative estimate of drug-likeness (QED) is 0.662. The lowest BCUT2D eigenvalue weighted by Crippen LogP contribution is -2.38. The predicted molar refractivity (Wildman–Crippen MR) is 89.6 cm³/mol. The molecule has 1 aromatic rings. The molecule has 118 valence electrons. The van der Waals surface area contributed by atoms with Gasteiger partial charge in [-0.15, -0.1) is 0 Å². The van der Waals surface area contributed by atoms with E-state index < -0.39 is 0 Å². The highest BCUT2D eigenvalue weighted by molar-refractivity contribution is 5.51. The Kier molecular flexibility index (Phi) is 5.51. The summed E-state index contributed by atoms with van der Waals surface area (Å²) in [6.45, 7) is 11.4. The summed E-state index contributed by atoms with van der Waals surface area (Å²) in [7, 11) is 0. The molecule has 1 aliphatic rings. The SMILES string of the molecule is CC(C)(C)C1CCN(CCCOc2ccccc2N)CC1. The summed E-state index contributed by atoms with van der Waals surface area (Å²) < 4.78 is 5.75. The topological polar surface area (TPSA) is 38.5 Å². The van der Waals surface area contributed by atoms with Crippen molar-refractivity contribution in [3.63, 3.8) is 0 Å². The van der Waals surface area contributed by atoms with E-state index in [-0.39, 0.29) is 0 Å². The molecule has 0 saturated carbocycles. The fraction of sp³-hybridized carbons (Fsp3) is 0.667. The van der Waals surface area contributed by atoms with Crippen molar-refractivity contribution in [2.75, 3.05) is 32.0 Å². The Morgan fingerprint density at radius 2 is 1.86 bits per heavy atom. The number of nitrogens with two attached hydrogens (primary N) is 1. The number of hydrogen-bond acceptors (Lipinski definition) is 3. The molecule has 2 rings (SSSR count). The fourth-order valence-electron chi connectivity index (χ4n) is 3.10. The van der Waals surface area contributed by atoms with E-state index in [1.807, 2.05) is 24.3 Å². The molecule has 1 aromatic carbocycles. The molecule has 0 aliphatic carbocycles. The van der Waals surface area contributed by atoms with Gasteiger partial charge in [-0.05, 0) is 55.8 Å². The van der Waals surface area contributed by atoms with Gasteiger partial charge in [0, 0.05) is 6.54 Å². The first kappa shape index (κ1) is 16.2. The average molecular weight is 290 g/mol. The first-order valence-electron chi connectivity index (χ1n) is 8.16. The Hall–Kier alpha value is -1.22. The number of nitrogen functional groups attached to an aromatic ring is 1. The van der Waals surface area contributed by atoms with Crippen LogP contribution in [-0.2, 0) is 0 Å². The van der Waals surface area contributed by atoms with Crippen LogP contribution in [0.2, 0.25) is 0 Å². The molecule has 0 spiro atoms. The van der Waals surface area contributed by atoms with Gasteiger partial charge < -0.3 is 15.4 Å². The number of rotatable bonds is 5. The Balaban J connectivity index is 1.63. The van der Waals surface area contributed by atoms with Crippen molar-refractivity contribution in [2.24, 2.45) is 11.3 Å². The van der Waals surface area contributed by atoms with E-state index in [0.29, 0.717) is 5.41 Å². The zero-order valence-electron chi connectivity index (χ0n) is 13.8. The Morgan fingerprint density at radius 1 is 1.19 bits per heavy atom. The summed E-state index contributed by atoms with van der Waals surface area (Å²) in [6, 6.07) is 7.71. The standard InChI is InChI=1S/C18H30N2O/c1-18(2,3)15-9-12-20(13-10-15)11-6-14-21-17-8-5-4-7-16(17)19/h4-5,7-8,15H,6,9-14,19H2,1-3H3. The summed E-state index contributed by atoms with van der Waals surface area (Å²) in [5.41, 5.74) is 7.05. The van der Waals surface area contributed by atoms with Crippen LogP contribution in [0.3, 0.4) is 0 Å². The first-order valence-corrected chi connectivity index (χ1v) is 8.16. The maximum Gasteiger partial charge on any atom is 0.142 e. The van der Waals surface area contributed by atoms with E-state index in [1.165, 1.54) is 25.9 Å². The third kappa shape index (κ3) is 4.92. The van der Waals surface area contributed by atoms with Crippen molar-refractivity contribution in [3.8, 4) is 5.75 Å². The van der Waals surface area contributed by atoms with Gasteiger partial charge in [-0.25, -0.2) is 0 Å². The van der Waals surface area contributed by atoms with Crippen molar-refractivity contribution in [1.29, 1.82) is 0 Å². The third-order valence-corrected chi connectivity index (χ3v) is 4.61. The monoisotopic (exact) mass is 290 g/mol. The summed E-state index contributed by atoms with van der Waals surface area (Å²) in [5.74, 6) is 1.68. The van der Waals surface area contributed by atoms with Gasteiger partial charge in [-0.1, -0.05) is 32.9 Å². The lowest BCUT2D eigenvalue weighted by Gasteiger charge is -2.38. The van der Waals surface area contributed by atoms with Crippen molar-refractivity contribution in [2.45, 2.75) is 40.0 Å². The molecule has 0 bridgehead atoms. The minimum atomic E-state index is 0.458. The zero-order valence-corrected chi connectivity index (χ0v) is 13.8. The number of ether oxygens (including phenoxy) is 1. The van der Waals surface area contributed by atoms with Crippen molar-refractivity contribution >= 4 is 5.69 Å². The maximum atomic E-state index is 5.87. The van der Waals surface area contributed by atoms with Crippen molar-refractivity contribution in [3.05, 3.63) is 24.3 Å². The van der Waals surface area contributed by atoms with Crippen LogP contribution in [0.25, 0.3) is 0 Å². The first-order chi connectivity index (χ1) is 9.97. The predicted octanol–water partition coefficient (Wildman–Crippen LogP) is 3.80. The highest BCUT2D eigenvalue weighted by Gasteiger charge is 2.28. The molecule has 0 unspecified atom stereocenters. The van der Waals surface area contributed by atoms with Crippen LogP contribution in [0, 0.1) is 11.3 Å². The fourth-order valence-corrected chi connectivity index (χ4v) is 3.10. The molecule has 0 atom stereocenters. The normalized spacial score (nSPS) is 17.9. The van der Waals surface area contributed by atoms with Crippen molar-refractivity contribution in [1.82, 2.24) is 4.90 Å².